The number of hydrogen-bond donors (Lipinski definition) is 1. The first kappa shape index (κ1) is 18.6. The lowest BCUT2D eigenvalue weighted by Gasteiger charge is -2.12. The van der Waals surface area contributed by atoms with Crippen molar-refractivity contribution in [2.75, 3.05) is 5.32 Å². The number of anilines is 1. The van der Waals surface area contributed by atoms with E-state index in [-0.39, 0.29) is 0 Å². The lowest BCUT2D eigenvalue weighted by molar-refractivity contribution is -0.112. The maximum Gasteiger partial charge on any atom is 0.296 e. The fourth-order valence-corrected chi connectivity index (χ4v) is 3.20. The maximum absolute atomic E-state index is 12.7. The Bertz CT molecular complexity index is 1030. The Hall–Kier alpha value is -3.14. The van der Waals surface area contributed by atoms with Crippen LogP contribution in [0, 0.1) is 34.6 Å². The molecule has 1 N–H and O–H groups in total. The average Bonchev–Trinajstić information content (AvgIpc) is 2.93. The number of amides is 1. The second kappa shape index (κ2) is 7.23. The van der Waals surface area contributed by atoms with Gasteiger partial charge in [0.1, 0.15) is 0 Å². The Morgan fingerprint density at radius 1 is 0.815 bits per heavy atom. The van der Waals surface area contributed by atoms with Gasteiger partial charge >= 0.3 is 0 Å². The summed E-state index contributed by atoms with van der Waals surface area (Å²) in [6, 6.07) is 15.3. The standard InChI is InChI=1S/C23H24N2O2/c1-14-6-9-19(10-7-14)24-23(27)22(26)21-13-17(4)25(18(21)5)20-11-8-15(2)16(3)12-20/h6-13H,1-5H3,(H,24,27). The molecule has 0 saturated heterocycles. The number of benzene rings is 2. The molecule has 1 amide bonds. The Balaban J connectivity index is 1.90. The molecule has 0 radical (unpaired) electrons. The number of aromatic nitrogens is 1. The molecule has 0 fully saturated rings. The second-order valence-corrected chi connectivity index (χ2v) is 7.04. The summed E-state index contributed by atoms with van der Waals surface area (Å²) in [6.07, 6.45) is 0. The van der Waals surface area contributed by atoms with E-state index >= 15 is 0 Å². The van der Waals surface area contributed by atoms with Crippen molar-refractivity contribution in [3.8, 4) is 5.69 Å². The maximum atomic E-state index is 12.7. The third-order valence-corrected chi connectivity index (χ3v) is 4.94. The van der Waals surface area contributed by atoms with Gasteiger partial charge in [-0.15, -0.1) is 0 Å². The molecule has 2 aromatic carbocycles. The van der Waals surface area contributed by atoms with Gasteiger partial charge in [0.25, 0.3) is 11.7 Å². The van der Waals surface area contributed by atoms with Gasteiger partial charge in [0.05, 0.1) is 0 Å². The van der Waals surface area contributed by atoms with Crippen LogP contribution in [0.3, 0.4) is 0 Å². The first-order valence-electron chi connectivity index (χ1n) is 8.97. The summed E-state index contributed by atoms with van der Waals surface area (Å²) in [5.74, 6) is -1.15. The highest BCUT2D eigenvalue weighted by atomic mass is 16.2. The number of rotatable bonds is 4. The highest BCUT2D eigenvalue weighted by Gasteiger charge is 2.22. The molecule has 0 aliphatic carbocycles. The molecule has 0 bridgehead atoms. The van der Waals surface area contributed by atoms with Gasteiger partial charge in [0.2, 0.25) is 0 Å². The molecule has 4 nitrogen and oxygen atoms in total. The van der Waals surface area contributed by atoms with Crippen molar-refractivity contribution in [1.82, 2.24) is 4.57 Å². The highest BCUT2D eigenvalue weighted by molar-refractivity contribution is 6.46. The summed E-state index contributed by atoms with van der Waals surface area (Å²) in [7, 11) is 0. The van der Waals surface area contributed by atoms with Gasteiger partial charge in [0, 0.05) is 28.3 Å². The molecule has 0 spiro atoms. The van der Waals surface area contributed by atoms with Gasteiger partial charge in [-0.05, 0) is 76.1 Å². The molecule has 3 rings (SSSR count). The highest BCUT2D eigenvalue weighted by Crippen LogP contribution is 2.23. The van der Waals surface area contributed by atoms with E-state index in [1.807, 2.05) is 43.5 Å². The molecule has 27 heavy (non-hydrogen) atoms. The fourth-order valence-electron chi connectivity index (χ4n) is 3.20. The van der Waals surface area contributed by atoms with Crippen LogP contribution < -0.4 is 5.32 Å². The van der Waals surface area contributed by atoms with Crippen LogP contribution in [0.15, 0.2) is 48.5 Å². The summed E-state index contributed by atoms with van der Waals surface area (Å²) in [6.45, 7) is 9.91. The van der Waals surface area contributed by atoms with E-state index < -0.39 is 11.7 Å². The Morgan fingerprint density at radius 3 is 2.11 bits per heavy atom. The predicted octanol–water partition coefficient (Wildman–Crippen LogP) is 4.84. The monoisotopic (exact) mass is 360 g/mol. The third kappa shape index (κ3) is 3.70. The Labute approximate surface area is 159 Å². The molecule has 3 aromatic rings. The summed E-state index contributed by atoms with van der Waals surface area (Å²) >= 11 is 0. The van der Waals surface area contributed by atoms with Crippen LogP contribution in [-0.4, -0.2) is 16.3 Å². The van der Waals surface area contributed by atoms with Crippen molar-refractivity contribution >= 4 is 17.4 Å². The van der Waals surface area contributed by atoms with E-state index in [2.05, 4.69) is 31.3 Å². The van der Waals surface area contributed by atoms with Gasteiger partial charge < -0.3 is 9.88 Å². The normalized spacial score (nSPS) is 10.7. The van der Waals surface area contributed by atoms with Gasteiger partial charge in [-0.1, -0.05) is 23.8 Å². The minimum absolute atomic E-state index is 0.426. The summed E-state index contributed by atoms with van der Waals surface area (Å²) in [5.41, 5.74) is 7.21. The molecule has 0 atom stereocenters. The van der Waals surface area contributed by atoms with E-state index in [9.17, 15) is 9.59 Å². The van der Waals surface area contributed by atoms with Gasteiger partial charge in [-0.25, -0.2) is 0 Å². The number of carbonyl (C=O) groups is 2. The number of aryl methyl sites for hydroxylation is 4. The molecule has 0 aliphatic heterocycles. The second-order valence-electron chi connectivity index (χ2n) is 7.04. The number of hydrogen-bond acceptors (Lipinski definition) is 2. The molecule has 0 unspecified atom stereocenters. The molecule has 138 valence electrons. The number of carbonyl (C=O) groups excluding carboxylic acids is 2. The van der Waals surface area contributed by atoms with Crippen LogP contribution >= 0.6 is 0 Å². The molecular weight excluding hydrogens is 336 g/mol. The van der Waals surface area contributed by atoms with E-state index in [1.54, 1.807) is 18.2 Å². The smallest absolute Gasteiger partial charge is 0.296 e. The third-order valence-electron chi connectivity index (χ3n) is 4.94. The zero-order chi connectivity index (χ0) is 19.7. The van der Waals surface area contributed by atoms with Crippen LogP contribution in [0.4, 0.5) is 5.69 Å². The zero-order valence-corrected chi connectivity index (χ0v) is 16.4. The predicted molar refractivity (Wildman–Crippen MR) is 109 cm³/mol. The van der Waals surface area contributed by atoms with E-state index in [0.29, 0.717) is 11.3 Å². The average molecular weight is 360 g/mol. The van der Waals surface area contributed by atoms with E-state index in [0.717, 1.165) is 22.6 Å². The van der Waals surface area contributed by atoms with Crippen LogP contribution in [0.5, 0.6) is 0 Å². The van der Waals surface area contributed by atoms with Crippen LogP contribution in [0.2, 0.25) is 0 Å². The molecular formula is C23H24N2O2. The lowest BCUT2D eigenvalue weighted by atomic mass is 10.1. The first-order valence-corrected chi connectivity index (χ1v) is 8.97. The van der Waals surface area contributed by atoms with Crippen molar-refractivity contribution in [2.24, 2.45) is 0 Å². The molecule has 0 saturated carbocycles. The van der Waals surface area contributed by atoms with E-state index in [4.69, 9.17) is 0 Å². The lowest BCUT2D eigenvalue weighted by Crippen LogP contribution is -2.23. The van der Waals surface area contributed by atoms with Crippen molar-refractivity contribution in [3.05, 3.63) is 82.2 Å². The number of nitrogens with one attached hydrogen (secondary N) is 1. The Morgan fingerprint density at radius 2 is 1.48 bits per heavy atom. The fraction of sp³-hybridized carbons (Fsp3) is 0.217. The topological polar surface area (TPSA) is 51.1 Å². The van der Waals surface area contributed by atoms with Crippen molar-refractivity contribution in [3.63, 3.8) is 0 Å². The van der Waals surface area contributed by atoms with Crippen LogP contribution in [0.25, 0.3) is 5.69 Å². The summed E-state index contributed by atoms with van der Waals surface area (Å²) < 4.78 is 2.01. The van der Waals surface area contributed by atoms with E-state index in [1.165, 1.54) is 11.1 Å². The van der Waals surface area contributed by atoms with Gasteiger partial charge in [0.15, 0.2) is 0 Å². The van der Waals surface area contributed by atoms with Crippen molar-refractivity contribution in [2.45, 2.75) is 34.6 Å². The van der Waals surface area contributed by atoms with Gasteiger partial charge in [-0.2, -0.15) is 0 Å². The van der Waals surface area contributed by atoms with Crippen LogP contribution in [-0.2, 0) is 4.79 Å². The largest absolute Gasteiger partial charge is 0.319 e. The SMILES string of the molecule is Cc1ccc(NC(=O)C(=O)c2cc(C)n(-c3ccc(C)c(C)c3)c2C)cc1. The molecule has 0 aliphatic rings. The number of Topliss-reactive ketones (excluding diaryl/α,β-unsaturated/α-hetero) is 1. The minimum atomic E-state index is -0.626. The van der Waals surface area contributed by atoms with Crippen LogP contribution in [0.1, 0.15) is 38.4 Å². The number of ketones is 1. The molecule has 1 aromatic heterocycles. The molecule has 4 heteroatoms. The Kier molecular flexibility index (Phi) is 5.00. The van der Waals surface area contributed by atoms with Gasteiger partial charge in [-0.3, -0.25) is 9.59 Å². The summed E-state index contributed by atoms with van der Waals surface area (Å²) in [4.78, 5) is 25.2. The minimum Gasteiger partial charge on any atom is -0.319 e. The van der Waals surface area contributed by atoms with Crippen molar-refractivity contribution in [1.29, 1.82) is 0 Å². The van der Waals surface area contributed by atoms with Crippen molar-refractivity contribution < 1.29 is 9.59 Å². The first-order chi connectivity index (χ1) is 12.8. The quantitative estimate of drug-likeness (QED) is 0.534. The number of nitrogens with zero attached hydrogens (tertiary/aromatic N) is 1. The summed E-state index contributed by atoms with van der Waals surface area (Å²) in [5, 5.41) is 2.68. The zero-order valence-electron chi connectivity index (χ0n) is 16.4. The molecule has 1 heterocycles.